The molecule has 4 N–H and O–H groups in total. The first-order valence-electron chi connectivity index (χ1n) is 6.43. The van der Waals surface area contributed by atoms with Crippen molar-refractivity contribution < 1.29 is 10.0 Å². The third-order valence-corrected chi connectivity index (χ3v) is 2.59. The van der Waals surface area contributed by atoms with Gasteiger partial charge in [-0.2, -0.15) is 0 Å². The summed E-state index contributed by atoms with van der Waals surface area (Å²) >= 11 is 0. The van der Waals surface area contributed by atoms with Gasteiger partial charge >= 0.3 is 0 Å². The highest BCUT2D eigenvalue weighted by atomic mass is 16.4. The fourth-order valence-corrected chi connectivity index (χ4v) is 1.53. The lowest BCUT2D eigenvalue weighted by Gasteiger charge is -2.04. The predicted molar refractivity (Wildman–Crippen MR) is 69.0 cm³/mol. The van der Waals surface area contributed by atoms with Crippen LogP contribution in [0.3, 0.4) is 0 Å². The Kier molecular flexibility index (Phi) is 10.4. The van der Waals surface area contributed by atoms with Gasteiger partial charge in [-0.05, 0) is 6.42 Å². The molecule has 0 rings (SSSR count). The summed E-state index contributed by atoms with van der Waals surface area (Å²) in [6, 6.07) is 0. The lowest BCUT2D eigenvalue weighted by molar-refractivity contribution is -0.121. The Bertz CT molecular complexity index is 230. The van der Waals surface area contributed by atoms with Crippen molar-refractivity contribution in [1.29, 1.82) is 0 Å². The van der Waals surface area contributed by atoms with E-state index in [0.717, 1.165) is 12.8 Å². The molecule has 0 aliphatic heterocycles. The number of amides is 1. The second-order valence-electron chi connectivity index (χ2n) is 4.21. The number of nitrogens with one attached hydrogen (secondary N) is 1. The van der Waals surface area contributed by atoms with Crippen molar-refractivity contribution in [3.63, 3.8) is 0 Å². The first kappa shape index (κ1) is 15.7. The van der Waals surface area contributed by atoms with Gasteiger partial charge in [0.05, 0.1) is 0 Å². The highest BCUT2D eigenvalue weighted by molar-refractivity contribution is 5.81. The summed E-state index contributed by atoms with van der Waals surface area (Å²) in [5.41, 5.74) is 5.28. The summed E-state index contributed by atoms with van der Waals surface area (Å²) in [4.78, 5) is 11.3. The Labute approximate surface area is 103 Å². The largest absolute Gasteiger partial charge is 0.409 e. The predicted octanol–water partition coefficient (Wildman–Crippen LogP) is 1.99. The van der Waals surface area contributed by atoms with Crippen molar-refractivity contribution in [3.05, 3.63) is 0 Å². The van der Waals surface area contributed by atoms with Crippen LogP contribution in [0.2, 0.25) is 0 Å². The minimum Gasteiger partial charge on any atom is -0.409 e. The zero-order chi connectivity index (χ0) is 12.9. The van der Waals surface area contributed by atoms with E-state index in [0.29, 0.717) is 19.4 Å². The molecule has 0 heterocycles. The van der Waals surface area contributed by atoms with Crippen molar-refractivity contribution >= 4 is 11.7 Å². The molecule has 0 spiro atoms. The van der Waals surface area contributed by atoms with E-state index in [4.69, 9.17) is 10.9 Å². The minimum atomic E-state index is 0.0474. The number of nitrogens with two attached hydrogens (primary N) is 1. The molecular weight excluding hydrogens is 218 g/mol. The third-order valence-electron chi connectivity index (χ3n) is 2.59. The van der Waals surface area contributed by atoms with Crippen molar-refractivity contribution in [1.82, 2.24) is 5.32 Å². The molecule has 0 saturated carbocycles. The zero-order valence-electron chi connectivity index (χ0n) is 10.7. The molecule has 100 valence electrons. The molecule has 0 aromatic heterocycles. The van der Waals surface area contributed by atoms with E-state index < -0.39 is 0 Å². The minimum absolute atomic E-state index is 0.0474. The number of oxime groups is 1. The van der Waals surface area contributed by atoms with Gasteiger partial charge < -0.3 is 16.3 Å². The van der Waals surface area contributed by atoms with Gasteiger partial charge in [-0.3, -0.25) is 4.79 Å². The van der Waals surface area contributed by atoms with Gasteiger partial charge in [0.2, 0.25) is 5.91 Å². The number of unbranched alkanes of at least 4 members (excludes halogenated alkanes) is 5. The van der Waals surface area contributed by atoms with Crippen LogP contribution >= 0.6 is 0 Å². The van der Waals surface area contributed by atoms with Crippen LogP contribution in [0.4, 0.5) is 0 Å². The molecule has 0 aliphatic carbocycles. The summed E-state index contributed by atoms with van der Waals surface area (Å²) in [7, 11) is 0. The van der Waals surface area contributed by atoms with Crippen molar-refractivity contribution in [2.45, 2.75) is 58.3 Å². The number of hydrogen-bond acceptors (Lipinski definition) is 3. The first-order valence-corrected chi connectivity index (χ1v) is 6.43. The third kappa shape index (κ3) is 11.0. The van der Waals surface area contributed by atoms with Gasteiger partial charge in [0.15, 0.2) is 0 Å². The van der Waals surface area contributed by atoms with Crippen LogP contribution in [-0.4, -0.2) is 23.5 Å². The number of nitrogens with zero attached hydrogens (tertiary/aromatic N) is 1. The molecule has 0 bridgehead atoms. The van der Waals surface area contributed by atoms with Gasteiger partial charge in [0, 0.05) is 19.4 Å². The standard InChI is InChI=1S/C12H25N3O2/c1-2-3-4-5-6-7-8-12(16)14-10-9-11(13)15-17/h17H,2-10H2,1H3,(H2,13,15)(H,14,16). The molecule has 0 radical (unpaired) electrons. The van der Waals surface area contributed by atoms with Crippen LogP contribution in [0.15, 0.2) is 5.16 Å². The Balaban J connectivity index is 3.29. The highest BCUT2D eigenvalue weighted by Crippen LogP contribution is 2.06. The monoisotopic (exact) mass is 243 g/mol. The van der Waals surface area contributed by atoms with E-state index in [1.165, 1.54) is 25.7 Å². The summed E-state index contributed by atoms with van der Waals surface area (Å²) in [5, 5.41) is 13.9. The van der Waals surface area contributed by atoms with Crippen LogP contribution < -0.4 is 11.1 Å². The summed E-state index contributed by atoms with van der Waals surface area (Å²) < 4.78 is 0. The molecule has 0 fully saturated rings. The fourth-order valence-electron chi connectivity index (χ4n) is 1.53. The Morgan fingerprint density at radius 2 is 1.82 bits per heavy atom. The van der Waals surface area contributed by atoms with Crippen LogP contribution in [0, 0.1) is 0 Å². The molecule has 17 heavy (non-hydrogen) atoms. The number of rotatable bonds is 10. The lowest BCUT2D eigenvalue weighted by atomic mass is 10.1. The quantitative estimate of drug-likeness (QED) is 0.180. The van der Waals surface area contributed by atoms with Gasteiger partial charge in [0.1, 0.15) is 5.84 Å². The molecule has 5 nitrogen and oxygen atoms in total. The zero-order valence-corrected chi connectivity index (χ0v) is 10.7. The molecule has 5 heteroatoms. The van der Waals surface area contributed by atoms with Crippen LogP contribution in [-0.2, 0) is 4.79 Å². The van der Waals surface area contributed by atoms with Gasteiger partial charge in [0.25, 0.3) is 0 Å². The Morgan fingerprint density at radius 1 is 1.18 bits per heavy atom. The smallest absolute Gasteiger partial charge is 0.220 e. The van der Waals surface area contributed by atoms with E-state index in [1.54, 1.807) is 0 Å². The Morgan fingerprint density at radius 3 is 2.47 bits per heavy atom. The number of carbonyl (C=O) groups excluding carboxylic acids is 1. The highest BCUT2D eigenvalue weighted by Gasteiger charge is 2.01. The Hall–Kier alpha value is -1.26. The van der Waals surface area contributed by atoms with Crippen molar-refractivity contribution in [3.8, 4) is 0 Å². The van der Waals surface area contributed by atoms with Crippen LogP contribution in [0.5, 0.6) is 0 Å². The molecule has 0 aromatic carbocycles. The molecule has 0 aliphatic rings. The second kappa shape index (κ2) is 11.2. The summed E-state index contributed by atoms with van der Waals surface area (Å²) in [5.74, 6) is 0.191. The molecule has 0 saturated heterocycles. The maximum absolute atomic E-state index is 11.3. The molecule has 0 atom stereocenters. The molecular formula is C12H25N3O2. The average molecular weight is 243 g/mol. The van der Waals surface area contributed by atoms with E-state index >= 15 is 0 Å². The van der Waals surface area contributed by atoms with Gasteiger partial charge in [-0.1, -0.05) is 44.2 Å². The number of carbonyl (C=O) groups is 1. The maximum atomic E-state index is 11.3. The molecule has 0 unspecified atom stereocenters. The lowest BCUT2D eigenvalue weighted by Crippen LogP contribution is -2.27. The topological polar surface area (TPSA) is 87.7 Å². The summed E-state index contributed by atoms with van der Waals surface area (Å²) in [6.45, 7) is 2.62. The SMILES string of the molecule is CCCCCCCCC(=O)NCCC(N)=NO. The first-order chi connectivity index (χ1) is 8.20. The maximum Gasteiger partial charge on any atom is 0.220 e. The van der Waals surface area contributed by atoms with Crippen molar-refractivity contribution in [2.24, 2.45) is 10.9 Å². The van der Waals surface area contributed by atoms with E-state index in [1.807, 2.05) is 0 Å². The molecule has 0 aromatic rings. The normalized spacial score (nSPS) is 11.5. The number of hydrogen-bond donors (Lipinski definition) is 3. The van der Waals surface area contributed by atoms with Gasteiger partial charge in [-0.15, -0.1) is 0 Å². The fraction of sp³-hybridized carbons (Fsp3) is 0.833. The van der Waals surface area contributed by atoms with Crippen LogP contribution in [0.25, 0.3) is 0 Å². The van der Waals surface area contributed by atoms with Crippen LogP contribution in [0.1, 0.15) is 58.3 Å². The number of amidine groups is 1. The molecule has 1 amide bonds. The van der Waals surface area contributed by atoms with E-state index in [2.05, 4.69) is 17.4 Å². The van der Waals surface area contributed by atoms with Gasteiger partial charge in [-0.25, -0.2) is 0 Å². The average Bonchev–Trinajstić information content (AvgIpc) is 2.33. The summed E-state index contributed by atoms with van der Waals surface area (Å²) in [6.07, 6.45) is 8.03. The van der Waals surface area contributed by atoms with E-state index in [9.17, 15) is 4.79 Å². The van der Waals surface area contributed by atoms with E-state index in [-0.39, 0.29) is 11.7 Å². The van der Waals surface area contributed by atoms with Crippen molar-refractivity contribution in [2.75, 3.05) is 6.54 Å². The second-order valence-corrected chi connectivity index (χ2v) is 4.21.